The van der Waals surface area contributed by atoms with Gasteiger partial charge in [0.05, 0.1) is 18.9 Å². The molecule has 0 bridgehead atoms. The first-order valence-corrected chi connectivity index (χ1v) is 7.82. The van der Waals surface area contributed by atoms with Crippen LogP contribution >= 0.6 is 12.2 Å². The predicted molar refractivity (Wildman–Crippen MR) is 92.3 cm³/mol. The largest absolute Gasteiger partial charge is 0.389 e. The zero-order valence-electron chi connectivity index (χ0n) is 13.2. The fourth-order valence-corrected chi connectivity index (χ4v) is 2.42. The standard InChI is InChI=1S/C16H26N2O2S/c1-4-19-11-9-18(10-12-20-5-2)15-13(3)7-6-8-14(15)16(17)21/h6-8H,4-5,9-12H2,1-3H3,(H2,17,21). The van der Waals surface area contributed by atoms with Crippen molar-refractivity contribution in [2.75, 3.05) is 44.4 Å². The lowest BCUT2D eigenvalue weighted by atomic mass is 10.1. The first kappa shape index (κ1) is 17.9. The SMILES string of the molecule is CCOCCN(CCOCC)c1c(C)cccc1C(N)=S. The van der Waals surface area contributed by atoms with E-state index < -0.39 is 0 Å². The van der Waals surface area contributed by atoms with Gasteiger partial charge in [0, 0.05) is 31.9 Å². The molecule has 118 valence electrons. The topological polar surface area (TPSA) is 47.7 Å². The van der Waals surface area contributed by atoms with Gasteiger partial charge in [-0.1, -0.05) is 24.4 Å². The first-order chi connectivity index (χ1) is 10.1. The highest BCUT2D eigenvalue weighted by Gasteiger charge is 2.15. The summed E-state index contributed by atoms with van der Waals surface area (Å²) in [7, 11) is 0. The fraction of sp³-hybridized carbons (Fsp3) is 0.562. The summed E-state index contributed by atoms with van der Waals surface area (Å²) >= 11 is 5.19. The molecule has 0 unspecified atom stereocenters. The van der Waals surface area contributed by atoms with Crippen LogP contribution in [0.3, 0.4) is 0 Å². The maximum Gasteiger partial charge on any atom is 0.106 e. The van der Waals surface area contributed by atoms with Gasteiger partial charge in [0.1, 0.15) is 4.99 Å². The number of rotatable bonds is 10. The average Bonchev–Trinajstić information content (AvgIpc) is 2.46. The first-order valence-electron chi connectivity index (χ1n) is 7.41. The highest BCUT2D eigenvalue weighted by Crippen LogP contribution is 2.25. The van der Waals surface area contributed by atoms with Gasteiger partial charge in [-0.05, 0) is 32.4 Å². The normalized spacial score (nSPS) is 10.6. The van der Waals surface area contributed by atoms with Crippen LogP contribution in [-0.2, 0) is 9.47 Å². The Hall–Kier alpha value is -1.17. The van der Waals surface area contributed by atoms with Crippen molar-refractivity contribution in [1.82, 2.24) is 0 Å². The van der Waals surface area contributed by atoms with Crippen LogP contribution < -0.4 is 10.6 Å². The molecule has 0 aliphatic carbocycles. The molecule has 1 rings (SSSR count). The van der Waals surface area contributed by atoms with Gasteiger partial charge in [0.15, 0.2) is 0 Å². The monoisotopic (exact) mass is 310 g/mol. The van der Waals surface area contributed by atoms with E-state index in [9.17, 15) is 0 Å². The zero-order valence-corrected chi connectivity index (χ0v) is 14.0. The molecule has 0 fully saturated rings. The van der Waals surface area contributed by atoms with E-state index in [1.54, 1.807) is 0 Å². The Bertz CT molecular complexity index is 442. The molecule has 1 aromatic carbocycles. The Labute approximate surface area is 133 Å². The van der Waals surface area contributed by atoms with Gasteiger partial charge in [0.25, 0.3) is 0 Å². The Kier molecular flexibility index (Phi) is 8.27. The Morgan fingerprint density at radius 1 is 1.14 bits per heavy atom. The van der Waals surface area contributed by atoms with E-state index in [1.807, 2.05) is 26.0 Å². The lowest BCUT2D eigenvalue weighted by Gasteiger charge is -2.28. The molecule has 0 aromatic heterocycles. The summed E-state index contributed by atoms with van der Waals surface area (Å²) in [5.41, 5.74) is 9.04. The molecule has 4 nitrogen and oxygen atoms in total. The summed E-state index contributed by atoms with van der Waals surface area (Å²) in [5, 5.41) is 0. The van der Waals surface area contributed by atoms with Crippen LogP contribution in [0.5, 0.6) is 0 Å². The molecule has 0 atom stereocenters. The van der Waals surface area contributed by atoms with Crippen molar-refractivity contribution in [2.45, 2.75) is 20.8 Å². The lowest BCUT2D eigenvalue weighted by Crippen LogP contribution is -2.33. The number of hydrogen-bond acceptors (Lipinski definition) is 4. The molecule has 0 amide bonds. The Balaban J connectivity index is 2.97. The third-order valence-electron chi connectivity index (χ3n) is 3.24. The molecule has 0 heterocycles. The number of nitrogens with two attached hydrogens (primary N) is 1. The van der Waals surface area contributed by atoms with Crippen LogP contribution in [-0.4, -0.2) is 44.5 Å². The Morgan fingerprint density at radius 3 is 2.19 bits per heavy atom. The van der Waals surface area contributed by atoms with Crippen LogP contribution in [0.4, 0.5) is 5.69 Å². The van der Waals surface area contributed by atoms with Crippen LogP contribution in [0.25, 0.3) is 0 Å². The molecular weight excluding hydrogens is 284 g/mol. The van der Waals surface area contributed by atoms with Crippen molar-refractivity contribution in [2.24, 2.45) is 5.73 Å². The lowest BCUT2D eigenvalue weighted by molar-refractivity contribution is 0.141. The molecule has 0 aliphatic heterocycles. The highest BCUT2D eigenvalue weighted by atomic mass is 32.1. The molecule has 2 N–H and O–H groups in total. The summed E-state index contributed by atoms with van der Waals surface area (Å²) in [6.45, 7) is 10.4. The van der Waals surface area contributed by atoms with E-state index in [-0.39, 0.29) is 0 Å². The number of hydrogen-bond donors (Lipinski definition) is 1. The molecular formula is C16H26N2O2S. The van der Waals surface area contributed by atoms with E-state index in [0.717, 1.165) is 43.1 Å². The summed E-state index contributed by atoms with van der Waals surface area (Å²) in [5.74, 6) is 0. The average molecular weight is 310 g/mol. The van der Waals surface area contributed by atoms with Crippen molar-refractivity contribution in [1.29, 1.82) is 0 Å². The van der Waals surface area contributed by atoms with Crippen LogP contribution in [0.1, 0.15) is 25.0 Å². The van der Waals surface area contributed by atoms with Gasteiger partial charge in [0.2, 0.25) is 0 Å². The minimum absolute atomic E-state index is 0.423. The molecule has 0 saturated carbocycles. The van der Waals surface area contributed by atoms with E-state index in [4.69, 9.17) is 27.4 Å². The van der Waals surface area contributed by atoms with Gasteiger partial charge in [-0.15, -0.1) is 0 Å². The number of nitrogens with zero attached hydrogens (tertiary/aromatic N) is 1. The fourth-order valence-electron chi connectivity index (χ4n) is 2.25. The van der Waals surface area contributed by atoms with Crippen molar-refractivity contribution in [3.05, 3.63) is 29.3 Å². The Morgan fingerprint density at radius 2 is 1.71 bits per heavy atom. The molecule has 21 heavy (non-hydrogen) atoms. The van der Waals surface area contributed by atoms with E-state index in [0.29, 0.717) is 18.2 Å². The quantitative estimate of drug-likeness (QED) is 0.531. The molecule has 0 aliphatic rings. The van der Waals surface area contributed by atoms with Crippen molar-refractivity contribution < 1.29 is 9.47 Å². The van der Waals surface area contributed by atoms with Crippen LogP contribution in [0, 0.1) is 6.92 Å². The zero-order chi connectivity index (χ0) is 15.7. The van der Waals surface area contributed by atoms with Gasteiger partial charge in [-0.2, -0.15) is 0 Å². The second-order valence-electron chi connectivity index (χ2n) is 4.72. The van der Waals surface area contributed by atoms with Crippen molar-refractivity contribution in [3.63, 3.8) is 0 Å². The number of anilines is 1. The smallest absolute Gasteiger partial charge is 0.106 e. The number of ether oxygens (including phenoxy) is 2. The maximum atomic E-state index is 5.87. The van der Waals surface area contributed by atoms with Crippen molar-refractivity contribution in [3.8, 4) is 0 Å². The van der Waals surface area contributed by atoms with Gasteiger partial charge < -0.3 is 20.1 Å². The summed E-state index contributed by atoms with van der Waals surface area (Å²) in [6.07, 6.45) is 0. The number of benzene rings is 1. The van der Waals surface area contributed by atoms with E-state index in [2.05, 4.69) is 17.9 Å². The summed E-state index contributed by atoms with van der Waals surface area (Å²) in [6, 6.07) is 6.03. The summed E-state index contributed by atoms with van der Waals surface area (Å²) < 4.78 is 11.0. The maximum absolute atomic E-state index is 5.87. The van der Waals surface area contributed by atoms with Crippen LogP contribution in [0.2, 0.25) is 0 Å². The third kappa shape index (κ3) is 5.61. The van der Waals surface area contributed by atoms with Gasteiger partial charge in [-0.3, -0.25) is 0 Å². The predicted octanol–water partition coefficient (Wildman–Crippen LogP) is 2.51. The number of aryl methyl sites for hydroxylation is 1. The molecule has 5 heteroatoms. The summed E-state index contributed by atoms with van der Waals surface area (Å²) in [4.78, 5) is 2.67. The molecule has 0 spiro atoms. The second-order valence-corrected chi connectivity index (χ2v) is 5.16. The minimum Gasteiger partial charge on any atom is -0.389 e. The minimum atomic E-state index is 0.423. The molecule has 1 aromatic rings. The highest BCUT2D eigenvalue weighted by molar-refractivity contribution is 7.80. The molecule has 0 radical (unpaired) electrons. The van der Waals surface area contributed by atoms with Crippen molar-refractivity contribution >= 4 is 22.9 Å². The van der Waals surface area contributed by atoms with E-state index >= 15 is 0 Å². The van der Waals surface area contributed by atoms with E-state index in [1.165, 1.54) is 0 Å². The number of para-hydroxylation sites is 1. The van der Waals surface area contributed by atoms with Gasteiger partial charge in [-0.25, -0.2) is 0 Å². The van der Waals surface area contributed by atoms with Gasteiger partial charge >= 0.3 is 0 Å². The van der Waals surface area contributed by atoms with Crippen LogP contribution in [0.15, 0.2) is 18.2 Å². The number of thiocarbonyl (C=S) groups is 1. The second kappa shape index (κ2) is 9.71. The third-order valence-corrected chi connectivity index (χ3v) is 3.46. The molecule has 0 saturated heterocycles.